The molecule has 2 N–H and O–H groups in total. The third-order valence-corrected chi connectivity index (χ3v) is 4.17. The van der Waals surface area contributed by atoms with Crippen molar-refractivity contribution in [3.8, 4) is 0 Å². The van der Waals surface area contributed by atoms with Gasteiger partial charge in [-0.1, -0.05) is 26.0 Å². The lowest BCUT2D eigenvalue weighted by Gasteiger charge is -2.35. The molecule has 0 spiro atoms. The molecule has 0 heterocycles. The van der Waals surface area contributed by atoms with Gasteiger partial charge in [-0.2, -0.15) is 0 Å². The van der Waals surface area contributed by atoms with Gasteiger partial charge in [-0.05, 0) is 48.8 Å². The molecule has 1 fully saturated rings. The second kappa shape index (κ2) is 6.02. The van der Waals surface area contributed by atoms with E-state index in [0.717, 1.165) is 12.8 Å². The van der Waals surface area contributed by atoms with Crippen molar-refractivity contribution in [3.63, 3.8) is 0 Å². The second-order valence-corrected chi connectivity index (χ2v) is 6.42. The lowest BCUT2D eigenvalue weighted by molar-refractivity contribution is 0.152. The predicted molar refractivity (Wildman–Crippen MR) is 75.4 cm³/mol. The molecule has 3 heteroatoms. The monoisotopic (exact) mass is 265 g/mol. The largest absolute Gasteiger partial charge is 0.387 e. The molecule has 1 saturated carbocycles. The predicted octanol–water partition coefficient (Wildman–Crippen LogP) is 3.42. The molecular weight excluding hydrogens is 241 g/mol. The standard InChI is InChI=1S/C16H24FNO/c1-16(2)8-6-14(7-9-16)18-11-15(19)12-4-3-5-13(17)10-12/h3-5,10,14-15,18-19H,6-9,11H2,1-2H3. The summed E-state index contributed by atoms with van der Waals surface area (Å²) in [5.41, 5.74) is 1.10. The number of benzene rings is 1. The van der Waals surface area contributed by atoms with Crippen LogP contribution in [-0.4, -0.2) is 17.7 Å². The summed E-state index contributed by atoms with van der Waals surface area (Å²) >= 11 is 0. The van der Waals surface area contributed by atoms with Crippen LogP contribution in [0.2, 0.25) is 0 Å². The first-order chi connectivity index (χ1) is 8.96. The SMILES string of the molecule is CC1(C)CCC(NCC(O)c2cccc(F)c2)CC1. The molecule has 1 atom stereocenters. The van der Waals surface area contributed by atoms with Crippen molar-refractivity contribution in [3.05, 3.63) is 35.6 Å². The van der Waals surface area contributed by atoms with Gasteiger partial charge >= 0.3 is 0 Å². The highest BCUT2D eigenvalue weighted by molar-refractivity contribution is 5.19. The van der Waals surface area contributed by atoms with Crippen LogP contribution in [0.1, 0.15) is 51.2 Å². The molecular formula is C16H24FNO. The van der Waals surface area contributed by atoms with E-state index in [1.807, 2.05) is 0 Å². The fraction of sp³-hybridized carbons (Fsp3) is 0.625. The van der Waals surface area contributed by atoms with Crippen LogP contribution in [0.4, 0.5) is 4.39 Å². The molecule has 1 aromatic rings. The van der Waals surface area contributed by atoms with E-state index in [4.69, 9.17) is 0 Å². The van der Waals surface area contributed by atoms with Gasteiger partial charge in [-0.15, -0.1) is 0 Å². The van der Waals surface area contributed by atoms with Gasteiger partial charge in [0.1, 0.15) is 5.82 Å². The Balaban J connectivity index is 1.80. The molecule has 0 aromatic heterocycles. The lowest BCUT2D eigenvalue weighted by Crippen LogP contribution is -2.37. The molecule has 0 bridgehead atoms. The number of aliphatic hydroxyl groups excluding tert-OH is 1. The van der Waals surface area contributed by atoms with Crippen LogP contribution < -0.4 is 5.32 Å². The Morgan fingerprint density at radius 2 is 2.05 bits per heavy atom. The quantitative estimate of drug-likeness (QED) is 0.874. The fourth-order valence-corrected chi connectivity index (χ4v) is 2.71. The van der Waals surface area contributed by atoms with E-state index in [0.29, 0.717) is 23.6 Å². The molecule has 0 aliphatic heterocycles. The zero-order valence-electron chi connectivity index (χ0n) is 11.8. The van der Waals surface area contributed by atoms with E-state index >= 15 is 0 Å². The van der Waals surface area contributed by atoms with Crippen molar-refractivity contribution in [1.29, 1.82) is 0 Å². The maximum Gasteiger partial charge on any atom is 0.123 e. The number of rotatable bonds is 4. The van der Waals surface area contributed by atoms with Crippen LogP contribution in [0.15, 0.2) is 24.3 Å². The highest BCUT2D eigenvalue weighted by atomic mass is 19.1. The fourth-order valence-electron chi connectivity index (χ4n) is 2.71. The van der Waals surface area contributed by atoms with Gasteiger partial charge in [0.25, 0.3) is 0 Å². The van der Waals surface area contributed by atoms with Crippen molar-refractivity contribution in [2.75, 3.05) is 6.54 Å². The average Bonchev–Trinajstić information content (AvgIpc) is 2.37. The number of halogens is 1. The molecule has 1 aliphatic carbocycles. The summed E-state index contributed by atoms with van der Waals surface area (Å²) < 4.78 is 13.1. The van der Waals surface area contributed by atoms with Crippen molar-refractivity contribution in [1.82, 2.24) is 5.32 Å². The Morgan fingerprint density at radius 3 is 2.68 bits per heavy atom. The topological polar surface area (TPSA) is 32.3 Å². The number of nitrogens with one attached hydrogen (secondary N) is 1. The minimum absolute atomic E-state index is 0.295. The Kier molecular flexibility index (Phi) is 4.58. The summed E-state index contributed by atoms with van der Waals surface area (Å²) in [6, 6.07) is 6.68. The maximum absolute atomic E-state index is 13.1. The van der Waals surface area contributed by atoms with Crippen LogP contribution in [0.3, 0.4) is 0 Å². The van der Waals surface area contributed by atoms with Crippen molar-refractivity contribution < 1.29 is 9.50 Å². The maximum atomic E-state index is 13.1. The summed E-state index contributed by atoms with van der Waals surface area (Å²) in [6.07, 6.45) is 4.12. The molecule has 1 aromatic carbocycles. The number of hydrogen-bond donors (Lipinski definition) is 2. The van der Waals surface area contributed by atoms with Crippen LogP contribution in [0.5, 0.6) is 0 Å². The Hall–Kier alpha value is -0.930. The molecule has 0 amide bonds. The highest BCUT2D eigenvalue weighted by Crippen LogP contribution is 2.35. The molecule has 2 nitrogen and oxygen atoms in total. The number of aliphatic hydroxyl groups is 1. The van der Waals surface area contributed by atoms with E-state index in [9.17, 15) is 9.50 Å². The van der Waals surface area contributed by atoms with Crippen LogP contribution >= 0.6 is 0 Å². The Morgan fingerprint density at radius 1 is 1.37 bits per heavy atom. The first-order valence-corrected chi connectivity index (χ1v) is 7.13. The molecule has 2 rings (SSSR count). The van der Waals surface area contributed by atoms with Crippen molar-refractivity contribution in [2.24, 2.45) is 5.41 Å². The summed E-state index contributed by atoms with van der Waals surface area (Å²) in [4.78, 5) is 0. The van der Waals surface area contributed by atoms with Crippen LogP contribution in [-0.2, 0) is 0 Å². The molecule has 1 aliphatic rings. The van der Waals surface area contributed by atoms with Gasteiger partial charge < -0.3 is 10.4 Å². The van der Waals surface area contributed by atoms with E-state index in [2.05, 4.69) is 19.2 Å². The first kappa shape index (κ1) is 14.5. The third kappa shape index (κ3) is 4.29. The minimum atomic E-state index is -0.634. The normalized spacial score (nSPS) is 21.3. The minimum Gasteiger partial charge on any atom is -0.387 e. The Labute approximate surface area is 115 Å². The summed E-state index contributed by atoms with van der Waals surface area (Å²) in [6.45, 7) is 5.12. The van der Waals surface area contributed by atoms with E-state index in [1.165, 1.54) is 25.0 Å². The zero-order chi connectivity index (χ0) is 13.9. The van der Waals surface area contributed by atoms with Crippen LogP contribution in [0, 0.1) is 11.2 Å². The van der Waals surface area contributed by atoms with Gasteiger partial charge in [-0.3, -0.25) is 0 Å². The summed E-state index contributed by atoms with van der Waals surface area (Å²) in [5, 5.41) is 13.5. The van der Waals surface area contributed by atoms with E-state index in [-0.39, 0.29) is 5.82 Å². The molecule has 106 valence electrons. The molecule has 19 heavy (non-hydrogen) atoms. The highest BCUT2D eigenvalue weighted by Gasteiger charge is 2.26. The van der Waals surface area contributed by atoms with Gasteiger partial charge in [-0.25, -0.2) is 4.39 Å². The molecule has 1 unspecified atom stereocenters. The van der Waals surface area contributed by atoms with Gasteiger partial charge in [0.2, 0.25) is 0 Å². The van der Waals surface area contributed by atoms with E-state index < -0.39 is 6.10 Å². The zero-order valence-corrected chi connectivity index (χ0v) is 11.8. The lowest BCUT2D eigenvalue weighted by atomic mass is 9.75. The first-order valence-electron chi connectivity index (χ1n) is 7.13. The summed E-state index contributed by atoms with van der Waals surface area (Å²) in [7, 11) is 0. The Bertz CT molecular complexity index is 409. The van der Waals surface area contributed by atoms with Crippen molar-refractivity contribution >= 4 is 0 Å². The van der Waals surface area contributed by atoms with Crippen molar-refractivity contribution in [2.45, 2.75) is 51.7 Å². The average molecular weight is 265 g/mol. The molecule has 0 saturated heterocycles. The smallest absolute Gasteiger partial charge is 0.123 e. The third-order valence-electron chi connectivity index (χ3n) is 4.17. The molecule has 0 radical (unpaired) electrons. The van der Waals surface area contributed by atoms with Crippen LogP contribution in [0.25, 0.3) is 0 Å². The van der Waals surface area contributed by atoms with Gasteiger partial charge in [0.15, 0.2) is 0 Å². The number of hydrogen-bond acceptors (Lipinski definition) is 2. The van der Waals surface area contributed by atoms with Gasteiger partial charge in [0, 0.05) is 12.6 Å². The second-order valence-electron chi connectivity index (χ2n) is 6.42. The van der Waals surface area contributed by atoms with Gasteiger partial charge in [0.05, 0.1) is 6.10 Å². The summed E-state index contributed by atoms with van der Waals surface area (Å²) in [5.74, 6) is -0.295. The van der Waals surface area contributed by atoms with E-state index in [1.54, 1.807) is 12.1 Å².